The van der Waals surface area contributed by atoms with E-state index in [1.807, 2.05) is 12.1 Å². The van der Waals surface area contributed by atoms with Crippen LogP contribution in [0, 0.1) is 0 Å². The van der Waals surface area contributed by atoms with Crippen molar-refractivity contribution < 1.29 is 23.9 Å². The Morgan fingerprint density at radius 1 is 1.03 bits per heavy atom. The normalized spacial score (nSPS) is 14.9. The van der Waals surface area contributed by atoms with Crippen molar-refractivity contribution >= 4 is 46.5 Å². The molecular weight excluding hydrogens is 504 g/mol. The van der Waals surface area contributed by atoms with E-state index in [0.29, 0.717) is 40.8 Å². The van der Waals surface area contributed by atoms with Gasteiger partial charge in [-0.15, -0.1) is 0 Å². The van der Waals surface area contributed by atoms with E-state index in [0.717, 1.165) is 5.56 Å². The third kappa shape index (κ3) is 6.15. The monoisotopic (exact) mass is 532 g/mol. The first-order valence-corrected chi connectivity index (χ1v) is 12.6. The summed E-state index contributed by atoms with van der Waals surface area (Å²) in [5.74, 6) is -0.393. The van der Waals surface area contributed by atoms with Crippen LogP contribution in [0.1, 0.15) is 29.3 Å². The summed E-state index contributed by atoms with van der Waals surface area (Å²) in [4.78, 5) is 45.9. The van der Waals surface area contributed by atoms with Crippen molar-refractivity contribution in [3.63, 3.8) is 0 Å². The van der Waals surface area contributed by atoms with E-state index in [4.69, 9.17) is 21.7 Å². The van der Waals surface area contributed by atoms with Crippen LogP contribution < -0.4 is 15.0 Å². The van der Waals surface area contributed by atoms with Crippen molar-refractivity contribution in [2.75, 3.05) is 30.5 Å². The van der Waals surface area contributed by atoms with Crippen molar-refractivity contribution in [1.29, 1.82) is 0 Å². The van der Waals surface area contributed by atoms with E-state index >= 15 is 0 Å². The number of hydrogen-bond donors (Lipinski definition) is 1. The first-order valence-electron chi connectivity index (χ1n) is 12.2. The first-order chi connectivity index (χ1) is 18.4. The van der Waals surface area contributed by atoms with Crippen LogP contribution in [0.5, 0.6) is 5.75 Å². The second-order valence-corrected chi connectivity index (χ2v) is 8.88. The Kier molecular flexibility index (Phi) is 8.65. The molecule has 38 heavy (non-hydrogen) atoms. The van der Waals surface area contributed by atoms with Crippen molar-refractivity contribution in [3.8, 4) is 5.75 Å². The lowest BCUT2D eigenvalue weighted by Gasteiger charge is -2.24. The topological polar surface area (TPSA) is 101 Å². The lowest BCUT2D eigenvalue weighted by atomic mass is 10.1. The number of amides is 2. The number of pyridine rings is 1. The van der Waals surface area contributed by atoms with Crippen molar-refractivity contribution in [3.05, 3.63) is 84.2 Å². The van der Waals surface area contributed by atoms with Gasteiger partial charge < -0.3 is 19.7 Å². The van der Waals surface area contributed by atoms with Crippen LogP contribution in [0.15, 0.2) is 73.1 Å². The molecule has 3 aromatic rings. The Balaban J connectivity index is 1.54. The molecule has 1 atom stereocenters. The van der Waals surface area contributed by atoms with Gasteiger partial charge in [-0.05, 0) is 91.8 Å². The van der Waals surface area contributed by atoms with E-state index in [9.17, 15) is 14.4 Å². The third-order valence-corrected chi connectivity index (χ3v) is 6.52. The van der Waals surface area contributed by atoms with Crippen molar-refractivity contribution in [1.82, 2.24) is 9.88 Å². The molecule has 9 nitrogen and oxygen atoms in total. The molecule has 10 heteroatoms. The van der Waals surface area contributed by atoms with E-state index < -0.39 is 12.0 Å². The van der Waals surface area contributed by atoms with Crippen LogP contribution in [0.4, 0.5) is 11.4 Å². The molecule has 1 unspecified atom stereocenters. The Hall–Kier alpha value is -4.31. The smallest absolute Gasteiger partial charge is 0.338 e. The number of ether oxygens (including phenoxy) is 2. The summed E-state index contributed by atoms with van der Waals surface area (Å²) < 4.78 is 10.2. The average Bonchev–Trinajstić information content (AvgIpc) is 3.16. The number of benzene rings is 2. The molecule has 2 amide bonds. The van der Waals surface area contributed by atoms with E-state index in [1.54, 1.807) is 79.9 Å². The largest absolute Gasteiger partial charge is 0.497 e. The minimum absolute atomic E-state index is 0.0846. The van der Waals surface area contributed by atoms with Gasteiger partial charge in [0.1, 0.15) is 11.8 Å². The van der Waals surface area contributed by atoms with E-state index in [-0.39, 0.29) is 24.8 Å². The number of rotatable bonds is 10. The summed E-state index contributed by atoms with van der Waals surface area (Å²) in [6, 6.07) is 16.5. The number of carbonyl (C=O) groups excluding carboxylic acids is 3. The molecule has 2 aromatic carbocycles. The fraction of sp³-hybridized carbons (Fsp3) is 0.250. The molecule has 4 rings (SSSR count). The standard InChI is InChI=1S/C28H28N4O5S/c1-3-37-27(35)20-4-8-22(9-5-20)32-26(34)24(18-25(33)30-21-6-10-23(36-2)11-7-21)31(28(32)38)17-14-19-12-15-29-16-13-19/h4-13,15-16,24H,3,14,17-18H2,1-2H3,(H,30,33). The van der Waals surface area contributed by atoms with Gasteiger partial charge in [-0.2, -0.15) is 0 Å². The zero-order valence-corrected chi connectivity index (χ0v) is 21.9. The van der Waals surface area contributed by atoms with Crippen LogP contribution in [-0.2, 0) is 20.7 Å². The summed E-state index contributed by atoms with van der Waals surface area (Å²) in [5.41, 5.74) is 2.52. The molecule has 1 aliphatic heterocycles. The highest BCUT2D eigenvalue weighted by atomic mass is 32.1. The molecule has 0 radical (unpaired) electrons. The van der Waals surface area contributed by atoms with Gasteiger partial charge in [0.25, 0.3) is 5.91 Å². The molecule has 1 aromatic heterocycles. The number of hydrogen-bond acceptors (Lipinski definition) is 7. The fourth-order valence-corrected chi connectivity index (χ4v) is 4.56. The zero-order valence-electron chi connectivity index (χ0n) is 21.1. The molecule has 0 spiro atoms. The molecule has 2 heterocycles. The Bertz CT molecular complexity index is 1300. The molecular formula is C28H28N4O5S. The second kappa shape index (κ2) is 12.3. The predicted molar refractivity (Wildman–Crippen MR) is 147 cm³/mol. The van der Waals surface area contributed by atoms with Gasteiger partial charge in [-0.3, -0.25) is 19.5 Å². The van der Waals surface area contributed by atoms with Crippen LogP contribution in [0.2, 0.25) is 0 Å². The molecule has 0 aliphatic carbocycles. The number of esters is 1. The SMILES string of the molecule is CCOC(=O)c1ccc(N2C(=O)C(CC(=O)Nc3ccc(OC)cc3)N(CCc3ccncc3)C2=S)cc1. The van der Waals surface area contributed by atoms with Gasteiger partial charge in [0.15, 0.2) is 5.11 Å². The maximum atomic E-state index is 13.6. The van der Waals surface area contributed by atoms with Gasteiger partial charge in [-0.1, -0.05) is 0 Å². The fourth-order valence-electron chi connectivity index (χ4n) is 4.15. The molecule has 196 valence electrons. The maximum Gasteiger partial charge on any atom is 0.338 e. The second-order valence-electron chi connectivity index (χ2n) is 8.52. The number of anilines is 2. The number of aromatic nitrogens is 1. The summed E-state index contributed by atoms with van der Waals surface area (Å²) in [6.45, 7) is 2.44. The molecule has 1 fully saturated rings. The van der Waals surface area contributed by atoms with Gasteiger partial charge in [0, 0.05) is 24.6 Å². The van der Waals surface area contributed by atoms with E-state index in [2.05, 4.69) is 10.3 Å². The molecule has 1 aliphatic rings. The van der Waals surface area contributed by atoms with Crippen molar-refractivity contribution in [2.45, 2.75) is 25.8 Å². The molecule has 1 saturated heterocycles. The van der Waals surface area contributed by atoms with Crippen LogP contribution >= 0.6 is 12.2 Å². The average molecular weight is 533 g/mol. The highest BCUT2D eigenvalue weighted by Gasteiger charge is 2.44. The number of thiocarbonyl (C=S) groups is 1. The number of nitrogens with one attached hydrogen (secondary N) is 1. The highest BCUT2D eigenvalue weighted by molar-refractivity contribution is 7.80. The highest BCUT2D eigenvalue weighted by Crippen LogP contribution is 2.28. The minimum atomic E-state index is -0.785. The predicted octanol–water partition coefficient (Wildman–Crippen LogP) is 3.84. The first kappa shape index (κ1) is 26.7. The lowest BCUT2D eigenvalue weighted by Crippen LogP contribution is -2.39. The van der Waals surface area contributed by atoms with Gasteiger partial charge in [0.05, 0.1) is 31.4 Å². The summed E-state index contributed by atoms with van der Waals surface area (Å²) in [7, 11) is 1.57. The zero-order chi connectivity index (χ0) is 27.1. The van der Waals surface area contributed by atoms with Gasteiger partial charge in [-0.25, -0.2) is 4.79 Å². The number of carbonyl (C=O) groups is 3. The van der Waals surface area contributed by atoms with Crippen LogP contribution in [-0.4, -0.2) is 59.1 Å². The number of nitrogens with zero attached hydrogens (tertiary/aromatic N) is 3. The van der Waals surface area contributed by atoms with Crippen molar-refractivity contribution in [2.24, 2.45) is 0 Å². The summed E-state index contributed by atoms with van der Waals surface area (Å²) in [5, 5.41) is 3.14. The Morgan fingerprint density at radius 2 is 1.71 bits per heavy atom. The number of methoxy groups -OCH3 is 1. The van der Waals surface area contributed by atoms with Crippen LogP contribution in [0.3, 0.4) is 0 Å². The van der Waals surface area contributed by atoms with E-state index in [1.165, 1.54) is 4.90 Å². The maximum absolute atomic E-state index is 13.6. The van der Waals surface area contributed by atoms with Gasteiger partial charge >= 0.3 is 5.97 Å². The quantitative estimate of drug-likeness (QED) is 0.311. The third-order valence-electron chi connectivity index (χ3n) is 6.10. The molecule has 1 N–H and O–H groups in total. The Morgan fingerprint density at radius 3 is 2.34 bits per heavy atom. The van der Waals surface area contributed by atoms with Crippen LogP contribution in [0.25, 0.3) is 0 Å². The van der Waals surface area contributed by atoms with Gasteiger partial charge in [0.2, 0.25) is 5.91 Å². The lowest BCUT2D eigenvalue weighted by molar-refractivity contribution is -0.124. The summed E-state index contributed by atoms with van der Waals surface area (Å²) in [6.07, 6.45) is 3.95. The summed E-state index contributed by atoms with van der Waals surface area (Å²) >= 11 is 5.73. The molecule has 0 saturated carbocycles. The minimum Gasteiger partial charge on any atom is -0.497 e. The molecule has 0 bridgehead atoms. The Labute approximate surface area is 226 Å².